The Morgan fingerprint density at radius 1 is 0.562 bits per heavy atom. The van der Waals surface area contributed by atoms with E-state index in [1.807, 2.05) is 6.07 Å². The largest absolute Gasteiger partial charge is 1.00 e. The second kappa shape index (κ2) is 13.6. The minimum Gasteiger partial charge on any atom is -0.331 e. The summed E-state index contributed by atoms with van der Waals surface area (Å²) in [6.07, 6.45) is 1.09. The second-order valence-electron chi connectivity index (χ2n) is 6.83. The molecule has 4 rings (SSSR count). The Morgan fingerprint density at radius 2 is 0.875 bits per heavy atom. The van der Waals surface area contributed by atoms with Crippen LogP contribution < -0.4 is 15.9 Å². The molecule has 0 saturated carbocycles. The molecule has 0 heterocycles. The number of hydrogen-bond acceptors (Lipinski definition) is 2. The summed E-state index contributed by atoms with van der Waals surface area (Å²) < 4.78 is 0. The third-order valence-corrected chi connectivity index (χ3v) is 6.88. The standard InChI is InChI=1S/C18H15P.C10H9O2.Au/c1-4-10-16(11-5-1)19(17-12-6-2-7-13-17)18-14-8-3-9-15-18;1-8(11)7-10(12)9-5-3-2-4-6-9;/h1-15H;2-7H,1H3;/q;-1;+1. The summed E-state index contributed by atoms with van der Waals surface area (Å²) in [5.74, 6) is -0.452. The first-order valence-electron chi connectivity index (χ1n) is 10.0. The average molecular weight is 620 g/mol. The molecule has 0 atom stereocenters. The Bertz CT molecular complexity index is 991. The van der Waals surface area contributed by atoms with Crippen molar-refractivity contribution in [3.8, 4) is 0 Å². The molecule has 2 nitrogen and oxygen atoms in total. The molecule has 4 heteroatoms. The molecule has 0 fully saturated rings. The van der Waals surface area contributed by atoms with Gasteiger partial charge in [0, 0.05) is 5.78 Å². The summed E-state index contributed by atoms with van der Waals surface area (Å²) in [4.78, 5) is 21.7. The van der Waals surface area contributed by atoms with Crippen molar-refractivity contribution in [2.24, 2.45) is 0 Å². The number of rotatable bonds is 6. The van der Waals surface area contributed by atoms with E-state index in [4.69, 9.17) is 0 Å². The van der Waals surface area contributed by atoms with Crippen LogP contribution in [-0.2, 0) is 27.2 Å². The Balaban J connectivity index is 0.000000244. The van der Waals surface area contributed by atoms with Crippen molar-refractivity contribution in [3.05, 3.63) is 133 Å². The van der Waals surface area contributed by atoms with Crippen molar-refractivity contribution in [2.45, 2.75) is 6.92 Å². The number of Topliss-reactive ketones (excluding diaryl/α,β-unsaturated/α-hetero) is 2. The van der Waals surface area contributed by atoms with Gasteiger partial charge in [0.05, 0.1) is 5.78 Å². The number of ketones is 2. The molecular weight excluding hydrogens is 596 g/mol. The van der Waals surface area contributed by atoms with Crippen molar-refractivity contribution in [3.63, 3.8) is 0 Å². The number of carbonyl (C=O) groups is 2. The summed E-state index contributed by atoms with van der Waals surface area (Å²) in [7, 11) is -0.446. The van der Waals surface area contributed by atoms with Crippen LogP contribution in [0.25, 0.3) is 0 Å². The van der Waals surface area contributed by atoms with Crippen LogP contribution in [0.1, 0.15) is 17.3 Å². The molecule has 0 saturated heterocycles. The Kier molecular flexibility index (Phi) is 10.9. The molecule has 0 radical (unpaired) electrons. The van der Waals surface area contributed by atoms with E-state index in [1.165, 1.54) is 22.8 Å². The SMILES string of the molecule is CC(=O)[CH-]C(=O)c1ccccc1.[Au+].c1ccc(P(c2ccccc2)c2ccccc2)cc1. The van der Waals surface area contributed by atoms with Crippen LogP contribution in [0.3, 0.4) is 0 Å². The minimum absolute atomic E-state index is 0. The Labute approximate surface area is 207 Å². The van der Waals surface area contributed by atoms with Crippen LogP contribution in [0.15, 0.2) is 121 Å². The van der Waals surface area contributed by atoms with Crippen molar-refractivity contribution in [1.82, 2.24) is 0 Å². The van der Waals surface area contributed by atoms with Gasteiger partial charge in [-0.15, -0.1) is 24.1 Å². The van der Waals surface area contributed by atoms with Crippen LogP contribution in [0.4, 0.5) is 0 Å². The first-order valence-corrected chi connectivity index (χ1v) is 11.4. The maximum Gasteiger partial charge on any atom is 1.00 e. The summed E-state index contributed by atoms with van der Waals surface area (Å²) in [5.41, 5.74) is 0.549. The predicted molar refractivity (Wildman–Crippen MR) is 131 cm³/mol. The fraction of sp³-hybridized carbons (Fsp3) is 0.0357. The monoisotopic (exact) mass is 620 g/mol. The van der Waals surface area contributed by atoms with E-state index in [2.05, 4.69) is 91.0 Å². The van der Waals surface area contributed by atoms with E-state index >= 15 is 0 Å². The van der Waals surface area contributed by atoms with Gasteiger partial charge in [-0.25, -0.2) is 0 Å². The Morgan fingerprint density at radius 3 is 1.19 bits per heavy atom. The average Bonchev–Trinajstić information content (AvgIpc) is 2.82. The zero-order valence-electron chi connectivity index (χ0n) is 17.7. The molecule has 0 bridgehead atoms. The first kappa shape index (κ1) is 25.5. The van der Waals surface area contributed by atoms with Crippen LogP contribution in [0.5, 0.6) is 0 Å². The van der Waals surface area contributed by atoms with Crippen molar-refractivity contribution < 1.29 is 32.0 Å². The first-order chi connectivity index (χ1) is 15.1. The molecule has 0 amide bonds. The molecule has 0 unspecified atom stereocenters. The molecule has 0 spiro atoms. The smallest absolute Gasteiger partial charge is 0.331 e. The Hall–Kier alpha value is -2.74. The van der Waals surface area contributed by atoms with Gasteiger partial charge >= 0.3 is 22.4 Å². The van der Waals surface area contributed by atoms with Crippen molar-refractivity contribution in [1.29, 1.82) is 0 Å². The van der Waals surface area contributed by atoms with Gasteiger partial charge in [0.2, 0.25) is 0 Å². The molecule has 4 aromatic rings. The molecule has 0 aromatic heterocycles. The van der Waals surface area contributed by atoms with E-state index in [9.17, 15) is 9.59 Å². The molecule has 0 aliphatic rings. The van der Waals surface area contributed by atoms with E-state index < -0.39 is 7.92 Å². The maximum atomic E-state index is 11.2. The molecule has 0 aliphatic heterocycles. The van der Waals surface area contributed by atoms with Crippen molar-refractivity contribution >= 4 is 35.4 Å². The third-order valence-electron chi connectivity index (χ3n) is 4.44. The fourth-order valence-electron chi connectivity index (χ4n) is 3.05. The minimum atomic E-state index is -0.446. The van der Waals surface area contributed by atoms with Gasteiger partial charge in [0.15, 0.2) is 0 Å². The number of carbonyl (C=O) groups excluding carboxylic acids is 2. The molecule has 0 N–H and O–H groups in total. The van der Waals surface area contributed by atoms with Crippen LogP contribution in [-0.4, -0.2) is 11.6 Å². The van der Waals surface area contributed by atoms with Gasteiger partial charge in [-0.2, -0.15) is 0 Å². The van der Waals surface area contributed by atoms with Gasteiger partial charge in [-0.1, -0.05) is 109 Å². The third kappa shape index (κ3) is 7.75. The normalized spacial score (nSPS) is 9.69. The molecule has 4 aromatic carbocycles. The second-order valence-corrected chi connectivity index (χ2v) is 9.05. The summed E-state index contributed by atoms with van der Waals surface area (Å²) in [6.45, 7) is 1.36. The van der Waals surface area contributed by atoms with E-state index in [1.54, 1.807) is 24.3 Å². The van der Waals surface area contributed by atoms with Gasteiger partial charge in [0.1, 0.15) is 0 Å². The molecule has 164 valence electrons. The molecular formula is C28H24AuO2P. The maximum absolute atomic E-state index is 11.2. The fourth-order valence-corrected chi connectivity index (χ4v) is 5.35. The van der Waals surface area contributed by atoms with Gasteiger partial charge < -0.3 is 9.59 Å². The zero-order chi connectivity index (χ0) is 21.9. The van der Waals surface area contributed by atoms with Gasteiger partial charge in [-0.05, 0) is 30.8 Å². The van der Waals surface area contributed by atoms with E-state index in [0.717, 1.165) is 6.42 Å². The quantitative estimate of drug-likeness (QED) is 0.0989. The summed E-state index contributed by atoms with van der Waals surface area (Å²) in [5, 5.41) is 4.19. The zero-order valence-corrected chi connectivity index (χ0v) is 20.8. The number of hydrogen-bond donors (Lipinski definition) is 0. The van der Waals surface area contributed by atoms with E-state index in [-0.39, 0.29) is 33.9 Å². The molecule has 0 aliphatic carbocycles. The van der Waals surface area contributed by atoms with Crippen LogP contribution in [0.2, 0.25) is 0 Å². The van der Waals surface area contributed by atoms with Gasteiger partial charge in [-0.3, -0.25) is 0 Å². The number of benzene rings is 4. The van der Waals surface area contributed by atoms with Crippen molar-refractivity contribution in [2.75, 3.05) is 0 Å². The molecule has 32 heavy (non-hydrogen) atoms. The van der Waals surface area contributed by atoms with Crippen LogP contribution >= 0.6 is 7.92 Å². The summed E-state index contributed by atoms with van der Waals surface area (Å²) in [6, 6.07) is 41.0. The van der Waals surface area contributed by atoms with Crippen LogP contribution in [0, 0.1) is 6.42 Å². The topological polar surface area (TPSA) is 34.1 Å². The predicted octanol–water partition coefficient (Wildman–Crippen LogP) is 5.10. The van der Waals surface area contributed by atoms with E-state index in [0.29, 0.717) is 5.56 Å². The summed E-state index contributed by atoms with van der Waals surface area (Å²) >= 11 is 0. The van der Waals surface area contributed by atoms with Gasteiger partial charge in [0.25, 0.3) is 0 Å².